The Bertz CT molecular complexity index is 104. The molecule has 2 atom stereocenters. The second kappa shape index (κ2) is 2.84. The Balaban J connectivity index is 2.49. The highest BCUT2D eigenvalue weighted by molar-refractivity contribution is 4.85. The zero-order valence-electron chi connectivity index (χ0n) is 5.51. The Labute approximate surface area is 58.7 Å². The molecule has 0 spiro atoms. The molecule has 1 aliphatic rings. The first kappa shape index (κ1) is 7.94. The molecule has 0 aromatic rings. The maximum absolute atomic E-state index is 8.95. The van der Waals surface area contributed by atoms with E-state index < -0.39 is 24.4 Å². The van der Waals surface area contributed by atoms with Gasteiger partial charge in [0.15, 0.2) is 0 Å². The third kappa shape index (κ3) is 1.46. The maximum atomic E-state index is 8.95. The normalized spacial score (nSPS) is 49.2. The van der Waals surface area contributed by atoms with Gasteiger partial charge in [-0.15, -0.1) is 0 Å². The lowest BCUT2D eigenvalue weighted by molar-refractivity contribution is -0.116. The summed E-state index contributed by atoms with van der Waals surface area (Å²) in [5.41, 5.74) is 0. The minimum atomic E-state index is -1.09. The van der Waals surface area contributed by atoms with Gasteiger partial charge in [0.2, 0.25) is 0 Å². The zero-order valence-corrected chi connectivity index (χ0v) is 5.51. The molecular weight excluding hydrogens is 136 g/mol. The van der Waals surface area contributed by atoms with Crippen molar-refractivity contribution in [2.75, 3.05) is 0 Å². The van der Waals surface area contributed by atoms with Crippen molar-refractivity contribution in [1.82, 2.24) is 0 Å². The van der Waals surface area contributed by atoms with Crippen LogP contribution in [0.5, 0.6) is 0 Å². The summed E-state index contributed by atoms with van der Waals surface area (Å²) in [6.07, 6.45) is -3.45. The summed E-state index contributed by atoms with van der Waals surface area (Å²) in [5.74, 6) is 0. The van der Waals surface area contributed by atoms with Crippen LogP contribution in [0.2, 0.25) is 0 Å². The molecule has 60 valence electrons. The van der Waals surface area contributed by atoms with Crippen molar-refractivity contribution in [3.8, 4) is 0 Å². The molecule has 0 aromatic heterocycles. The molecule has 1 saturated carbocycles. The molecule has 0 heterocycles. The van der Waals surface area contributed by atoms with E-state index in [0.29, 0.717) is 0 Å². The molecule has 0 unspecified atom stereocenters. The van der Waals surface area contributed by atoms with E-state index in [1.54, 1.807) is 0 Å². The number of hydrogen-bond donors (Lipinski definition) is 4. The van der Waals surface area contributed by atoms with Gasteiger partial charge in [-0.2, -0.15) is 0 Å². The molecule has 0 amide bonds. The van der Waals surface area contributed by atoms with Crippen LogP contribution in [0, 0.1) is 0 Å². The lowest BCUT2D eigenvalue weighted by Crippen LogP contribution is -2.46. The molecule has 1 aliphatic carbocycles. The highest BCUT2D eigenvalue weighted by Gasteiger charge is 2.33. The number of hydrogen-bond acceptors (Lipinski definition) is 4. The molecule has 0 radical (unpaired) electrons. The fourth-order valence-electron chi connectivity index (χ4n) is 1.19. The average molecular weight is 148 g/mol. The summed E-state index contributed by atoms with van der Waals surface area (Å²) in [4.78, 5) is 0. The first-order chi connectivity index (χ1) is 4.61. The lowest BCUT2D eigenvalue weighted by Gasteiger charge is -2.31. The quantitative estimate of drug-likeness (QED) is 0.327. The molecule has 4 nitrogen and oxygen atoms in total. The first-order valence-corrected chi connectivity index (χ1v) is 3.33. The Kier molecular flexibility index (Phi) is 2.25. The Morgan fingerprint density at radius 2 is 1.20 bits per heavy atom. The zero-order chi connectivity index (χ0) is 7.72. The van der Waals surface area contributed by atoms with Crippen molar-refractivity contribution in [3.63, 3.8) is 0 Å². The van der Waals surface area contributed by atoms with Crippen LogP contribution in [-0.2, 0) is 0 Å². The Morgan fingerprint density at radius 1 is 0.800 bits per heavy atom. The molecule has 4 heteroatoms. The van der Waals surface area contributed by atoms with Crippen LogP contribution in [0.3, 0.4) is 0 Å². The van der Waals surface area contributed by atoms with Crippen LogP contribution in [0.4, 0.5) is 0 Å². The number of rotatable bonds is 0. The second-order valence-electron chi connectivity index (χ2n) is 2.75. The summed E-state index contributed by atoms with van der Waals surface area (Å²) in [7, 11) is 0. The van der Waals surface area contributed by atoms with Crippen LogP contribution in [0.25, 0.3) is 0 Å². The minimum Gasteiger partial charge on any atom is -0.393 e. The van der Waals surface area contributed by atoms with Crippen LogP contribution >= 0.6 is 0 Å². The molecule has 0 saturated heterocycles. The third-order valence-electron chi connectivity index (χ3n) is 1.82. The van der Waals surface area contributed by atoms with Crippen molar-refractivity contribution >= 4 is 0 Å². The topological polar surface area (TPSA) is 80.9 Å². The summed E-state index contributed by atoms with van der Waals surface area (Å²) < 4.78 is 0. The van der Waals surface area contributed by atoms with Gasteiger partial charge in [0, 0.05) is 12.8 Å². The first-order valence-electron chi connectivity index (χ1n) is 3.33. The molecular formula is C6H12O4. The average Bonchev–Trinajstić information content (AvgIpc) is 1.82. The van der Waals surface area contributed by atoms with E-state index in [-0.39, 0.29) is 12.8 Å². The van der Waals surface area contributed by atoms with Crippen LogP contribution < -0.4 is 0 Å². The van der Waals surface area contributed by atoms with Gasteiger partial charge in [-0.25, -0.2) is 0 Å². The SMILES string of the molecule is O[C@@H]1C[C@H](O)C[C@@H](O)[C@@H]1O. The maximum Gasteiger partial charge on any atom is 0.106 e. The second-order valence-corrected chi connectivity index (χ2v) is 2.75. The van der Waals surface area contributed by atoms with E-state index in [9.17, 15) is 0 Å². The largest absolute Gasteiger partial charge is 0.393 e. The summed E-state index contributed by atoms with van der Waals surface area (Å²) in [6.45, 7) is 0. The third-order valence-corrected chi connectivity index (χ3v) is 1.82. The summed E-state index contributed by atoms with van der Waals surface area (Å²) >= 11 is 0. The van der Waals surface area contributed by atoms with Gasteiger partial charge in [0.25, 0.3) is 0 Å². The van der Waals surface area contributed by atoms with Crippen LogP contribution in [0.1, 0.15) is 12.8 Å². The highest BCUT2D eigenvalue weighted by Crippen LogP contribution is 2.19. The van der Waals surface area contributed by atoms with Crippen molar-refractivity contribution in [3.05, 3.63) is 0 Å². The van der Waals surface area contributed by atoms with Gasteiger partial charge >= 0.3 is 0 Å². The molecule has 4 N–H and O–H groups in total. The highest BCUT2D eigenvalue weighted by atomic mass is 16.4. The van der Waals surface area contributed by atoms with Crippen molar-refractivity contribution in [1.29, 1.82) is 0 Å². The van der Waals surface area contributed by atoms with Crippen LogP contribution in [-0.4, -0.2) is 44.8 Å². The Morgan fingerprint density at radius 3 is 1.60 bits per heavy atom. The van der Waals surface area contributed by atoms with E-state index in [2.05, 4.69) is 0 Å². The molecule has 0 aromatic carbocycles. The standard InChI is InChI=1S/C6H12O4/c7-3-1-4(8)6(10)5(9)2-3/h3-10H,1-2H2/t3-,4-,5-,6+/m1/s1. The molecule has 0 bridgehead atoms. The fraction of sp³-hybridized carbons (Fsp3) is 1.00. The van der Waals surface area contributed by atoms with E-state index in [0.717, 1.165) is 0 Å². The van der Waals surface area contributed by atoms with E-state index >= 15 is 0 Å². The fourth-order valence-corrected chi connectivity index (χ4v) is 1.19. The Hall–Kier alpha value is -0.160. The predicted molar refractivity (Wildman–Crippen MR) is 33.3 cm³/mol. The number of aliphatic hydroxyl groups excluding tert-OH is 4. The predicted octanol–water partition coefficient (Wildman–Crippen LogP) is -1.78. The van der Waals surface area contributed by atoms with Gasteiger partial charge in [-0.3, -0.25) is 0 Å². The van der Waals surface area contributed by atoms with Gasteiger partial charge < -0.3 is 20.4 Å². The van der Waals surface area contributed by atoms with E-state index in [1.807, 2.05) is 0 Å². The van der Waals surface area contributed by atoms with E-state index in [1.165, 1.54) is 0 Å². The molecule has 1 rings (SSSR count). The molecule has 10 heavy (non-hydrogen) atoms. The lowest BCUT2D eigenvalue weighted by atomic mass is 9.90. The summed E-state index contributed by atoms with van der Waals surface area (Å²) in [5, 5.41) is 35.8. The van der Waals surface area contributed by atoms with Gasteiger partial charge in [0.05, 0.1) is 18.3 Å². The van der Waals surface area contributed by atoms with Crippen molar-refractivity contribution in [2.24, 2.45) is 0 Å². The monoisotopic (exact) mass is 148 g/mol. The molecule has 0 aliphatic heterocycles. The minimum absolute atomic E-state index is 0.151. The van der Waals surface area contributed by atoms with Crippen molar-refractivity contribution in [2.45, 2.75) is 37.3 Å². The van der Waals surface area contributed by atoms with Gasteiger partial charge in [-0.1, -0.05) is 0 Å². The van der Waals surface area contributed by atoms with E-state index in [4.69, 9.17) is 20.4 Å². The number of aliphatic hydroxyl groups is 4. The van der Waals surface area contributed by atoms with Crippen LogP contribution in [0.15, 0.2) is 0 Å². The van der Waals surface area contributed by atoms with Gasteiger partial charge in [-0.05, 0) is 0 Å². The summed E-state index contributed by atoms with van der Waals surface area (Å²) in [6, 6.07) is 0. The van der Waals surface area contributed by atoms with Crippen molar-refractivity contribution < 1.29 is 20.4 Å². The van der Waals surface area contributed by atoms with Gasteiger partial charge in [0.1, 0.15) is 6.10 Å². The molecule has 1 fully saturated rings. The smallest absolute Gasteiger partial charge is 0.106 e.